The zero-order valence-corrected chi connectivity index (χ0v) is 22.0. The maximum Gasteiger partial charge on any atom is 0.303 e. The van der Waals surface area contributed by atoms with Crippen LogP contribution in [-0.2, 0) is 26.2 Å². The van der Waals surface area contributed by atoms with Crippen LogP contribution in [0.25, 0.3) is 10.9 Å². The molecule has 1 aliphatic heterocycles. The van der Waals surface area contributed by atoms with Crippen LogP contribution in [0.5, 0.6) is 0 Å². The highest BCUT2D eigenvalue weighted by atomic mass is 16.4. The maximum absolute atomic E-state index is 13.9. The highest BCUT2D eigenvalue weighted by Gasteiger charge is 2.46. The Labute approximate surface area is 222 Å². The number of nitrogens with two attached hydrogens (primary N) is 1. The van der Waals surface area contributed by atoms with Crippen molar-refractivity contribution >= 4 is 28.7 Å². The fraction of sp³-hybridized carbons (Fsp3) is 0.433. The van der Waals surface area contributed by atoms with Gasteiger partial charge in [-0.15, -0.1) is 0 Å². The lowest BCUT2D eigenvalue weighted by Crippen LogP contribution is -2.58. The predicted octanol–water partition coefficient (Wildman–Crippen LogP) is 3.45. The number of nitrogens with zero attached hydrogens (tertiary/aromatic N) is 1. The maximum atomic E-state index is 13.9. The molecule has 1 aliphatic carbocycles. The third kappa shape index (κ3) is 4.92. The second-order valence-electron chi connectivity index (χ2n) is 11.5. The van der Waals surface area contributed by atoms with E-state index in [2.05, 4.69) is 22.4 Å². The molecule has 8 nitrogen and oxygen atoms in total. The Morgan fingerprint density at radius 3 is 2.53 bits per heavy atom. The van der Waals surface area contributed by atoms with Gasteiger partial charge in [-0.3, -0.25) is 14.4 Å². The molecule has 0 saturated carbocycles. The Kier molecular flexibility index (Phi) is 6.77. The van der Waals surface area contributed by atoms with E-state index >= 15 is 0 Å². The molecule has 0 radical (unpaired) electrons. The molecule has 1 saturated heterocycles. The third-order valence-corrected chi connectivity index (χ3v) is 8.35. The number of carboxylic acid groups (broad SMARTS) is 1. The summed E-state index contributed by atoms with van der Waals surface area (Å²) in [7, 11) is 0. The van der Waals surface area contributed by atoms with E-state index in [9.17, 15) is 19.5 Å². The zero-order chi connectivity index (χ0) is 27.1. The molecule has 38 heavy (non-hydrogen) atoms. The van der Waals surface area contributed by atoms with Crippen molar-refractivity contribution in [3.8, 4) is 0 Å². The van der Waals surface area contributed by atoms with Crippen molar-refractivity contribution in [2.75, 3.05) is 13.1 Å². The molecule has 2 amide bonds. The molecule has 5 rings (SSSR count). The van der Waals surface area contributed by atoms with Crippen LogP contribution in [0.4, 0.5) is 0 Å². The van der Waals surface area contributed by atoms with E-state index < -0.39 is 17.6 Å². The average Bonchev–Trinajstić information content (AvgIpc) is 3.42. The van der Waals surface area contributed by atoms with Crippen LogP contribution in [0.3, 0.4) is 0 Å². The third-order valence-electron chi connectivity index (χ3n) is 8.35. The number of para-hydroxylation sites is 1. The number of hydrogen-bond acceptors (Lipinski definition) is 4. The van der Waals surface area contributed by atoms with Gasteiger partial charge in [0.05, 0.1) is 12.0 Å². The van der Waals surface area contributed by atoms with E-state index in [1.54, 1.807) is 13.8 Å². The zero-order valence-electron chi connectivity index (χ0n) is 22.0. The van der Waals surface area contributed by atoms with Gasteiger partial charge >= 0.3 is 5.97 Å². The second kappa shape index (κ2) is 9.91. The Morgan fingerprint density at radius 2 is 1.82 bits per heavy atom. The molecule has 1 aromatic heterocycles. The summed E-state index contributed by atoms with van der Waals surface area (Å²) in [5.41, 5.74) is 9.12. The van der Waals surface area contributed by atoms with Crippen LogP contribution < -0.4 is 11.1 Å². The monoisotopic (exact) mass is 516 g/mol. The number of carboxylic acids is 1. The Morgan fingerprint density at radius 1 is 1.13 bits per heavy atom. The first-order valence-electron chi connectivity index (χ1n) is 13.3. The average molecular weight is 517 g/mol. The minimum Gasteiger partial charge on any atom is -0.481 e. The number of piperidine rings is 1. The minimum atomic E-state index is -1.11. The molecule has 8 heteroatoms. The molecule has 200 valence electrons. The Bertz CT molecular complexity index is 1360. The van der Waals surface area contributed by atoms with Crippen molar-refractivity contribution in [3.63, 3.8) is 0 Å². The van der Waals surface area contributed by atoms with E-state index in [1.165, 1.54) is 5.56 Å². The lowest BCUT2D eigenvalue weighted by atomic mass is 9.73. The predicted molar refractivity (Wildman–Crippen MR) is 146 cm³/mol. The number of carbonyl (C=O) groups is 3. The van der Waals surface area contributed by atoms with Crippen LogP contribution in [-0.4, -0.2) is 57.4 Å². The number of nitrogens with one attached hydrogen (secondary N) is 2. The van der Waals surface area contributed by atoms with Gasteiger partial charge in [-0.25, -0.2) is 0 Å². The van der Waals surface area contributed by atoms with Crippen LogP contribution in [0, 0.1) is 0 Å². The van der Waals surface area contributed by atoms with Crippen molar-refractivity contribution in [1.29, 1.82) is 0 Å². The summed E-state index contributed by atoms with van der Waals surface area (Å²) in [6.45, 7) is 4.37. The van der Waals surface area contributed by atoms with Crippen molar-refractivity contribution in [2.24, 2.45) is 5.73 Å². The van der Waals surface area contributed by atoms with Gasteiger partial charge in [0.15, 0.2) is 0 Å². The lowest BCUT2D eigenvalue weighted by molar-refractivity contribution is -0.138. The van der Waals surface area contributed by atoms with Crippen molar-refractivity contribution in [2.45, 2.75) is 68.9 Å². The molecule has 3 aromatic rings. The van der Waals surface area contributed by atoms with Crippen LogP contribution in [0.2, 0.25) is 0 Å². The number of H-pyrrole nitrogens is 1. The van der Waals surface area contributed by atoms with Crippen molar-refractivity contribution < 1.29 is 19.5 Å². The summed E-state index contributed by atoms with van der Waals surface area (Å²) >= 11 is 0. The fourth-order valence-electron chi connectivity index (χ4n) is 6.33. The molecule has 2 aromatic carbocycles. The van der Waals surface area contributed by atoms with Gasteiger partial charge in [0.25, 0.3) is 0 Å². The van der Waals surface area contributed by atoms with Gasteiger partial charge in [0.2, 0.25) is 11.8 Å². The number of carbonyl (C=O) groups excluding carboxylic acids is 2. The van der Waals surface area contributed by atoms with Gasteiger partial charge in [-0.05, 0) is 67.2 Å². The van der Waals surface area contributed by atoms with Crippen LogP contribution >= 0.6 is 0 Å². The number of aliphatic carboxylic acids is 1. The fourth-order valence-corrected chi connectivity index (χ4v) is 6.33. The number of likely N-dealkylation sites (tertiary alicyclic amines) is 1. The van der Waals surface area contributed by atoms with E-state index in [0.717, 1.165) is 41.3 Å². The van der Waals surface area contributed by atoms with Crippen LogP contribution in [0.1, 0.15) is 62.1 Å². The summed E-state index contributed by atoms with van der Waals surface area (Å²) in [5, 5.41) is 13.4. The smallest absolute Gasteiger partial charge is 0.303 e. The molecular weight excluding hydrogens is 480 g/mol. The quantitative estimate of drug-likeness (QED) is 0.382. The molecule has 5 N–H and O–H groups in total. The standard InChI is InChI=1S/C30H36N4O4/c1-29(2,31)28(38)33-25(15-20-18-32-24-10-6-4-8-22(20)24)27(37)34-13-11-30(12-14-34)17-19(16-26(35)36)21-7-3-5-9-23(21)30/h3-10,18-19,25,32H,11-17,31H2,1-2H3,(H,33,38)(H,35,36)/t19-,25-/m1/s1. The Balaban J connectivity index is 1.35. The number of rotatable bonds is 7. The topological polar surface area (TPSA) is 129 Å². The first-order valence-corrected chi connectivity index (χ1v) is 13.3. The number of amides is 2. The second-order valence-corrected chi connectivity index (χ2v) is 11.5. The highest BCUT2D eigenvalue weighted by Crippen LogP contribution is 2.52. The summed E-state index contributed by atoms with van der Waals surface area (Å²) < 4.78 is 0. The van der Waals surface area contributed by atoms with Gasteiger partial charge < -0.3 is 26.0 Å². The van der Waals surface area contributed by atoms with Gasteiger partial charge in [0, 0.05) is 36.6 Å². The van der Waals surface area contributed by atoms with Crippen molar-refractivity contribution in [1.82, 2.24) is 15.2 Å². The number of benzene rings is 2. The van der Waals surface area contributed by atoms with E-state index in [4.69, 9.17) is 5.73 Å². The van der Waals surface area contributed by atoms with E-state index in [0.29, 0.717) is 19.5 Å². The van der Waals surface area contributed by atoms with Gasteiger partial charge in [0.1, 0.15) is 6.04 Å². The number of fused-ring (bicyclic) bond motifs is 3. The molecule has 2 heterocycles. The molecule has 0 bridgehead atoms. The summed E-state index contributed by atoms with van der Waals surface area (Å²) in [6, 6.07) is 15.3. The summed E-state index contributed by atoms with van der Waals surface area (Å²) in [6.07, 6.45) is 4.69. The number of aromatic nitrogens is 1. The molecule has 0 unspecified atom stereocenters. The largest absolute Gasteiger partial charge is 0.481 e. The first-order chi connectivity index (χ1) is 18.1. The molecule has 2 aliphatic rings. The molecule has 1 fully saturated rings. The van der Waals surface area contributed by atoms with Crippen LogP contribution in [0.15, 0.2) is 54.7 Å². The van der Waals surface area contributed by atoms with Gasteiger partial charge in [-0.2, -0.15) is 0 Å². The van der Waals surface area contributed by atoms with Gasteiger partial charge in [-0.1, -0.05) is 42.5 Å². The molecular formula is C30H36N4O4. The summed E-state index contributed by atoms with van der Waals surface area (Å²) in [5.74, 6) is -1.28. The lowest BCUT2D eigenvalue weighted by Gasteiger charge is -2.41. The molecule has 1 spiro atoms. The Hall–Kier alpha value is -3.65. The summed E-state index contributed by atoms with van der Waals surface area (Å²) in [4.78, 5) is 43.3. The van der Waals surface area contributed by atoms with E-state index in [1.807, 2.05) is 47.5 Å². The number of aromatic amines is 1. The highest BCUT2D eigenvalue weighted by molar-refractivity contribution is 5.92. The van der Waals surface area contributed by atoms with Crippen molar-refractivity contribution in [3.05, 3.63) is 71.4 Å². The minimum absolute atomic E-state index is 0.00774. The number of hydrogen-bond donors (Lipinski definition) is 4. The normalized spacial score (nSPS) is 19.3. The first kappa shape index (κ1) is 26.0. The van der Waals surface area contributed by atoms with E-state index in [-0.39, 0.29) is 29.6 Å². The SMILES string of the molecule is CC(C)(N)C(=O)N[C@H](Cc1c[nH]c2ccccc12)C(=O)N1CCC2(CC1)C[C@@H](CC(=O)O)c1ccccc12. The molecule has 2 atom stereocenters.